The highest BCUT2D eigenvalue weighted by Gasteiger charge is 2.24. The van der Waals surface area contributed by atoms with Crippen LogP contribution < -0.4 is 17.2 Å². The zero-order valence-electron chi connectivity index (χ0n) is 13.1. The molecule has 1 aromatic rings. The van der Waals surface area contributed by atoms with Crippen LogP contribution in [0.4, 0.5) is 13.2 Å². The molecule has 0 radical (unpaired) electrons. The van der Waals surface area contributed by atoms with Gasteiger partial charge in [0.1, 0.15) is 0 Å². The SMILES string of the molecule is NC(N)=NC(N)=NCCC1=CCc2cc(Cl)ccc21.O=CC(F)(F)F. The second-order valence-corrected chi connectivity index (χ2v) is 5.36. The van der Waals surface area contributed by atoms with E-state index in [0.717, 1.165) is 17.9 Å². The third-order valence-electron chi connectivity index (χ3n) is 3.01. The van der Waals surface area contributed by atoms with Crippen LogP contribution in [0.5, 0.6) is 0 Å². The minimum Gasteiger partial charge on any atom is -0.370 e. The highest BCUT2D eigenvalue weighted by Crippen LogP contribution is 2.31. The van der Waals surface area contributed by atoms with Gasteiger partial charge in [-0.2, -0.15) is 18.2 Å². The van der Waals surface area contributed by atoms with Crippen molar-refractivity contribution in [3.05, 3.63) is 40.4 Å². The first-order chi connectivity index (χ1) is 11.6. The van der Waals surface area contributed by atoms with Crippen LogP contribution in [-0.2, 0) is 11.2 Å². The summed E-state index contributed by atoms with van der Waals surface area (Å²) in [5.74, 6) is 0.0243. The third-order valence-corrected chi connectivity index (χ3v) is 3.25. The predicted octanol–water partition coefficient (Wildman–Crippen LogP) is 2.01. The topological polar surface area (TPSA) is 120 Å². The summed E-state index contributed by atoms with van der Waals surface area (Å²) in [5, 5.41) is 0.767. The van der Waals surface area contributed by atoms with Crippen molar-refractivity contribution in [2.24, 2.45) is 27.2 Å². The summed E-state index contributed by atoms with van der Waals surface area (Å²) in [5.41, 5.74) is 19.7. The first-order valence-corrected chi connectivity index (χ1v) is 7.40. The zero-order valence-corrected chi connectivity index (χ0v) is 13.8. The molecule has 0 spiro atoms. The third kappa shape index (κ3) is 7.71. The monoisotopic (exact) mass is 375 g/mol. The number of nitrogens with zero attached hydrogens (tertiary/aromatic N) is 2. The van der Waals surface area contributed by atoms with E-state index in [1.54, 1.807) is 0 Å². The molecule has 0 saturated carbocycles. The maximum Gasteiger partial charge on any atom is 0.446 e. The van der Waals surface area contributed by atoms with Crippen molar-refractivity contribution in [3.8, 4) is 0 Å². The molecule has 10 heteroatoms. The van der Waals surface area contributed by atoms with Gasteiger partial charge < -0.3 is 17.2 Å². The van der Waals surface area contributed by atoms with Gasteiger partial charge >= 0.3 is 6.18 Å². The van der Waals surface area contributed by atoms with E-state index in [1.165, 1.54) is 16.7 Å². The number of carbonyl (C=O) groups is 1. The Labute approximate surface area is 147 Å². The van der Waals surface area contributed by atoms with Crippen LogP contribution in [0.2, 0.25) is 5.02 Å². The number of benzene rings is 1. The summed E-state index contributed by atoms with van der Waals surface area (Å²) >= 11 is 5.97. The summed E-state index contributed by atoms with van der Waals surface area (Å²) in [6.07, 6.45) is -1.80. The number of rotatable bonds is 3. The number of aliphatic imine (C=N–C) groups is 2. The van der Waals surface area contributed by atoms with Gasteiger partial charge in [-0.25, -0.2) is 0 Å². The number of halogens is 4. The number of hydrogen-bond acceptors (Lipinski definition) is 2. The molecule has 136 valence electrons. The van der Waals surface area contributed by atoms with E-state index >= 15 is 0 Å². The van der Waals surface area contributed by atoms with E-state index in [2.05, 4.69) is 16.1 Å². The van der Waals surface area contributed by atoms with Gasteiger partial charge in [0.2, 0.25) is 12.2 Å². The van der Waals surface area contributed by atoms with E-state index in [-0.39, 0.29) is 11.9 Å². The summed E-state index contributed by atoms with van der Waals surface area (Å²) in [6.45, 7) is 0.552. The molecule has 25 heavy (non-hydrogen) atoms. The fourth-order valence-corrected chi connectivity index (χ4v) is 2.28. The van der Waals surface area contributed by atoms with Crippen molar-refractivity contribution in [1.29, 1.82) is 0 Å². The first kappa shape index (κ1) is 20.5. The minimum atomic E-state index is -4.64. The Morgan fingerprint density at radius 3 is 2.48 bits per heavy atom. The van der Waals surface area contributed by atoms with E-state index in [9.17, 15) is 13.2 Å². The normalized spacial score (nSPS) is 13.3. The predicted molar refractivity (Wildman–Crippen MR) is 92.2 cm³/mol. The van der Waals surface area contributed by atoms with Crippen molar-refractivity contribution >= 4 is 35.4 Å². The van der Waals surface area contributed by atoms with Gasteiger partial charge in [-0.3, -0.25) is 9.79 Å². The van der Waals surface area contributed by atoms with Gasteiger partial charge in [0.25, 0.3) is 0 Å². The molecular formula is C15H17ClF3N5O. The van der Waals surface area contributed by atoms with Crippen molar-refractivity contribution in [3.63, 3.8) is 0 Å². The summed E-state index contributed by atoms with van der Waals surface area (Å²) < 4.78 is 31.2. The second-order valence-electron chi connectivity index (χ2n) is 4.92. The molecule has 0 bridgehead atoms. The largest absolute Gasteiger partial charge is 0.446 e. The van der Waals surface area contributed by atoms with Crippen molar-refractivity contribution in [2.75, 3.05) is 6.54 Å². The molecule has 0 unspecified atom stereocenters. The molecule has 0 aromatic heterocycles. The van der Waals surface area contributed by atoms with Gasteiger partial charge in [-0.1, -0.05) is 23.7 Å². The van der Waals surface area contributed by atoms with Crippen LogP contribution in [0.15, 0.2) is 34.3 Å². The number of alkyl halides is 3. The standard InChI is InChI=1S/C13H16ClN5.C2HF3O/c14-10-3-4-11-8(1-2-9(11)7-10)5-6-18-13(17)19-12(15)16;3-2(4,5)1-6/h1,3-4,7H,2,5-6H2,(H6,15,16,17,18,19);1H. The Kier molecular flexibility index (Phi) is 7.43. The van der Waals surface area contributed by atoms with Crippen molar-refractivity contribution in [1.82, 2.24) is 0 Å². The summed E-state index contributed by atoms with van der Waals surface area (Å²) in [7, 11) is 0. The fraction of sp³-hybridized carbons (Fsp3) is 0.267. The van der Waals surface area contributed by atoms with Gasteiger partial charge in [0.05, 0.1) is 0 Å². The summed E-state index contributed by atoms with van der Waals surface area (Å²) in [4.78, 5) is 16.5. The molecular weight excluding hydrogens is 359 g/mol. The quantitative estimate of drug-likeness (QED) is 0.425. The lowest BCUT2D eigenvalue weighted by molar-refractivity contribution is -0.156. The maximum atomic E-state index is 10.4. The second kappa shape index (κ2) is 9.07. The molecule has 0 heterocycles. The summed E-state index contributed by atoms with van der Waals surface area (Å²) in [6, 6.07) is 5.94. The van der Waals surface area contributed by atoms with Gasteiger partial charge in [-0.05, 0) is 41.7 Å². The number of carbonyl (C=O) groups excluding carboxylic acids is 1. The van der Waals surface area contributed by atoms with E-state index in [4.69, 9.17) is 33.6 Å². The van der Waals surface area contributed by atoms with Crippen LogP contribution in [0.25, 0.3) is 5.57 Å². The Bertz CT molecular complexity index is 710. The van der Waals surface area contributed by atoms with Crippen LogP contribution >= 0.6 is 11.6 Å². The van der Waals surface area contributed by atoms with Crippen LogP contribution in [0, 0.1) is 0 Å². The average Bonchev–Trinajstić information content (AvgIpc) is 2.88. The lowest BCUT2D eigenvalue weighted by Crippen LogP contribution is -2.26. The number of fused-ring (bicyclic) bond motifs is 1. The highest BCUT2D eigenvalue weighted by atomic mass is 35.5. The van der Waals surface area contributed by atoms with Gasteiger partial charge in [-0.15, -0.1) is 0 Å². The molecule has 0 atom stereocenters. The molecule has 1 aliphatic carbocycles. The van der Waals surface area contributed by atoms with Crippen molar-refractivity contribution < 1.29 is 18.0 Å². The molecule has 2 rings (SSSR count). The smallest absolute Gasteiger partial charge is 0.370 e. The minimum absolute atomic E-state index is 0.0821. The van der Waals surface area contributed by atoms with E-state index < -0.39 is 12.5 Å². The molecule has 0 fully saturated rings. The number of hydrogen-bond donors (Lipinski definition) is 3. The van der Waals surface area contributed by atoms with Crippen molar-refractivity contribution in [2.45, 2.75) is 19.0 Å². The zero-order chi connectivity index (χ0) is 19.0. The molecule has 0 amide bonds. The molecule has 0 aliphatic heterocycles. The molecule has 6 nitrogen and oxygen atoms in total. The Morgan fingerprint density at radius 1 is 1.28 bits per heavy atom. The average molecular weight is 376 g/mol. The number of guanidine groups is 2. The molecule has 6 N–H and O–H groups in total. The van der Waals surface area contributed by atoms with Gasteiger partial charge in [0.15, 0.2) is 5.96 Å². The molecule has 1 aliphatic rings. The molecule has 0 saturated heterocycles. The maximum absolute atomic E-state index is 10.4. The van der Waals surface area contributed by atoms with Crippen LogP contribution in [0.1, 0.15) is 17.5 Å². The van der Waals surface area contributed by atoms with Crippen LogP contribution in [0.3, 0.4) is 0 Å². The Morgan fingerprint density at radius 2 is 1.92 bits per heavy atom. The lowest BCUT2D eigenvalue weighted by atomic mass is 10.0. The van der Waals surface area contributed by atoms with E-state index in [0.29, 0.717) is 6.54 Å². The Balaban J connectivity index is 0.000000450. The number of allylic oxidation sites excluding steroid dienone is 1. The number of nitrogens with two attached hydrogens (primary N) is 3. The van der Waals surface area contributed by atoms with Gasteiger partial charge in [0, 0.05) is 11.6 Å². The highest BCUT2D eigenvalue weighted by molar-refractivity contribution is 6.30. The number of aldehydes is 1. The molecule has 1 aromatic carbocycles. The Hall–Kier alpha value is -2.55. The van der Waals surface area contributed by atoms with E-state index in [1.807, 2.05) is 18.2 Å². The fourth-order valence-electron chi connectivity index (χ4n) is 2.08. The van der Waals surface area contributed by atoms with Crippen LogP contribution in [-0.4, -0.2) is 30.9 Å². The first-order valence-electron chi connectivity index (χ1n) is 7.03. The lowest BCUT2D eigenvalue weighted by Gasteiger charge is -2.04.